The first-order valence-corrected chi connectivity index (χ1v) is 8.57. The molecule has 0 radical (unpaired) electrons. The van der Waals surface area contributed by atoms with Gasteiger partial charge in [0.15, 0.2) is 0 Å². The number of hydrogen-bond acceptors (Lipinski definition) is 5. The molecule has 1 aliphatic rings. The maximum Gasteiger partial charge on any atom is 0.238 e. The van der Waals surface area contributed by atoms with Gasteiger partial charge < -0.3 is 15.1 Å². The third kappa shape index (κ3) is 4.70. The van der Waals surface area contributed by atoms with Crippen LogP contribution in [-0.2, 0) is 4.79 Å². The summed E-state index contributed by atoms with van der Waals surface area (Å²) in [6, 6.07) is 13.8. The molecule has 1 aliphatic heterocycles. The maximum absolute atomic E-state index is 12.3. The van der Waals surface area contributed by atoms with Crippen molar-refractivity contribution in [1.82, 2.24) is 9.88 Å². The van der Waals surface area contributed by atoms with Crippen LogP contribution in [0.15, 0.2) is 48.7 Å². The monoisotopic (exact) mass is 339 g/mol. The summed E-state index contributed by atoms with van der Waals surface area (Å²) in [5.41, 5.74) is 1.95. The van der Waals surface area contributed by atoms with Crippen LogP contribution in [0.4, 0.5) is 17.2 Å². The highest BCUT2D eigenvalue weighted by Gasteiger charge is 2.19. The Labute approximate surface area is 149 Å². The predicted molar refractivity (Wildman–Crippen MR) is 102 cm³/mol. The van der Waals surface area contributed by atoms with E-state index in [1.54, 1.807) is 0 Å². The number of nitrogens with one attached hydrogen (secondary N) is 1. The molecule has 1 fully saturated rings. The summed E-state index contributed by atoms with van der Waals surface area (Å²) in [7, 11) is 4.00. The topological polar surface area (TPSA) is 51.7 Å². The third-order valence-electron chi connectivity index (χ3n) is 4.38. The highest BCUT2D eigenvalue weighted by Crippen LogP contribution is 2.16. The standard InChI is InChI=1S/C19H25N5O/c1-22(2)17-8-6-16(7-9-17)21-19(25)15-23-11-13-24(14-12-23)18-5-3-4-10-20-18/h3-10H,11-15H2,1-2H3,(H,21,25). The molecule has 0 saturated carbocycles. The molecule has 0 bridgehead atoms. The molecule has 6 heteroatoms. The Bertz CT molecular complexity index is 679. The quantitative estimate of drug-likeness (QED) is 0.902. The minimum absolute atomic E-state index is 0.0314. The van der Waals surface area contributed by atoms with Crippen LogP contribution < -0.4 is 15.1 Å². The van der Waals surface area contributed by atoms with Crippen molar-refractivity contribution < 1.29 is 4.79 Å². The van der Waals surface area contributed by atoms with Gasteiger partial charge in [-0.3, -0.25) is 9.69 Å². The fourth-order valence-corrected chi connectivity index (χ4v) is 2.92. The van der Waals surface area contributed by atoms with Crippen LogP contribution in [-0.4, -0.2) is 62.6 Å². The van der Waals surface area contributed by atoms with Crippen LogP contribution in [0.2, 0.25) is 0 Å². The summed E-state index contributed by atoms with van der Waals surface area (Å²) < 4.78 is 0. The van der Waals surface area contributed by atoms with E-state index in [9.17, 15) is 4.79 Å². The molecule has 1 aromatic heterocycles. The average Bonchev–Trinajstić information content (AvgIpc) is 2.63. The maximum atomic E-state index is 12.3. The molecule has 3 rings (SSSR count). The minimum Gasteiger partial charge on any atom is -0.378 e. The fraction of sp³-hybridized carbons (Fsp3) is 0.368. The molecule has 2 heterocycles. The molecule has 2 aromatic rings. The lowest BCUT2D eigenvalue weighted by molar-refractivity contribution is -0.117. The Hall–Kier alpha value is -2.60. The Balaban J connectivity index is 1.46. The van der Waals surface area contributed by atoms with Crippen molar-refractivity contribution in [1.29, 1.82) is 0 Å². The molecule has 1 saturated heterocycles. The van der Waals surface area contributed by atoms with Crippen LogP contribution in [0.25, 0.3) is 0 Å². The van der Waals surface area contributed by atoms with E-state index in [2.05, 4.69) is 20.1 Å². The van der Waals surface area contributed by atoms with Crippen molar-refractivity contribution in [3.63, 3.8) is 0 Å². The molecule has 0 aliphatic carbocycles. The van der Waals surface area contributed by atoms with Crippen molar-refractivity contribution in [2.45, 2.75) is 0 Å². The summed E-state index contributed by atoms with van der Waals surface area (Å²) >= 11 is 0. The number of nitrogens with zero attached hydrogens (tertiary/aromatic N) is 4. The first-order valence-electron chi connectivity index (χ1n) is 8.57. The Morgan fingerprint density at radius 1 is 1.08 bits per heavy atom. The zero-order valence-corrected chi connectivity index (χ0v) is 14.9. The van der Waals surface area contributed by atoms with E-state index < -0.39 is 0 Å². The van der Waals surface area contributed by atoms with Gasteiger partial charge in [0.1, 0.15) is 5.82 Å². The Kier molecular flexibility index (Phi) is 5.50. The number of rotatable bonds is 5. The predicted octanol–water partition coefficient (Wildman–Crippen LogP) is 1.91. The van der Waals surface area contributed by atoms with Crippen molar-refractivity contribution >= 4 is 23.1 Å². The van der Waals surface area contributed by atoms with Gasteiger partial charge in [-0.2, -0.15) is 0 Å². The zero-order chi connectivity index (χ0) is 17.6. The number of amides is 1. The lowest BCUT2D eigenvalue weighted by Gasteiger charge is -2.34. The zero-order valence-electron chi connectivity index (χ0n) is 14.9. The van der Waals surface area contributed by atoms with Crippen molar-refractivity contribution in [3.8, 4) is 0 Å². The summed E-state index contributed by atoms with van der Waals surface area (Å²) in [6.07, 6.45) is 1.82. The third-order valence-corrected chi connectivity index (χ3v) is 4.38. The minimum atomic E-state index is 0.0314. The first-order chi connectivity index (χ1) is 12.1. The molecule has 1 aromatic carbocycles. The summed E-state index contributed by atoms with van der Waals surface area (Å²) in [4.78, 5) is 23.1. The Morgan fingerprint density at radius 3 is 2.40 bits per heavy atom. The Morgan fingerprint density at radius 2 is 1.80 bits per heavy atom. The van der Waals surface area contributed by atoms with Crippen LogP contribution >= 0.6 is 0 Å². The van der Waals surface area contributed by atoms with E-state index in [1.807, 2.05) is 67.7 Å². The summed E-state index contributed by atoms with van der Waals surface area (Å²) in [6.45, 7) is 3.93. The van der Waals surface area contributed by atoms with E-state index in [4.69, 9.17) is 0 Å². The van der Waals surface area contributed by atoms with Gasteiger partial charge in [-0.25, -0.2) is 4.98 Å². The molecule has 132 valence electrons. The van der Waals surface area contributed by atoms with Gasteiger partial charge in [0.25, 0.3) is 0 Å². The van der Waals surface area contributed by atoms with Gasteiger partial charge in [0.05, 0.1) is 6.54 Å². The molecule has 6 nitrogen and oxygen atoms in total. The molecular formula is C19H25N5O. The molecule has 0 spiro atoms. The number of carbonyl (C=O) groups is 1. The van der Waals surface area contributed by atoms with Gasteiger partial charge in [0.2, 0.25) is 5.91 Å². The number of benzene rings is 1. The van der Waals surface area contributed by atoms with Crippen LogP contribution in [0.1, 0.15) is 0 Å². The molecule has 1 amide bonds. The number of piperazine rings is 1. The number of anilines is 3. The van der Waals surface area contributed by atoms with Gasteiger partial charge in [-0.15, -0.1) is 0 Å². The number of pyridine rings is 1. The summed E-state index contributed by atoms with van der Waals surface area (Å²) in [5.74, 6) is 1.04. The second-order valence-electron chi connectivity index (χ2n) is 6.44. The van der Waals surface area contributed by atoms with Gasteiger partial charge in [0, 0.05) is 57.8 Å². The van der Waals surface area contributed by atoms with E-state index in [0.717, 1.165) is 43.4 Å². The number of hydrogen-bond donors (Lipinski definition) is 1. The first kappa shape index (κ1) is 17.2. The van der Waals surface area contributed by atoms with Crippen LogP contribution in [0.5, 0.6) is 0 Å². The smallest absolute Gasteiger partial charge is 0.238 e. The highest BCUT2D eigenvalue weighted by molar-refractivity contribution is 5.92. The van der Waals surface area contributed by atoms with Crippen LogP contribution in [0.3, 0.4) is 0 Å². The van der Waals surface area contributed by atoms with Crippen LogP contribution in [0, 0.1) is 0 Å². The molecule has 0 atom stereocenters. The van der Waals surface area contributed by atoms with E-state index in [-0.39, 0.29) is 5.91 Å². The second kappa shape index (κ2) is 7.98. The van der Waals surface area contributed by atoms with E-state index in [1.165, 1.54) is 0 Å². The molecule has 0 unspecified atom stereocenters. The van der Waals surface area contributed by atoms with Crippen molar-refractivity contribution in [3.05, 3.63) is 48.7 Å². The summed E-state index contributed by atoms with van der Waals surface area (Å²) in [5, 5.41) is 2.97. The normalized spacial score (nSPS) is 15.0. The fourth-order valence-electron chi connectivity index (χ4n) is 2.92. The second-order valence-corrected chi connectivity index (χ2v) is 6.44. The highest BCUT2D eigenvalue weighted by atomic mass is 16.2. The molecular weight excluding hydrogens is 314 g/mol. The van der Waals surface area contributed by atoms with Gasteiger partial charge in [-0.1, -0.05) is 6.07 Å². The molecule has 1 N–H and O–H groups in total. The van der Waals surface area contributed by atoms with E-state index in [0.29, 0.717) is 6.54 Å². The SMILES string of the molecule is CN(C)c1ccc(NC(=O)CN2CCN(c3ccccn3)CC2)cc1. The van der Waals surface area contributed by atoms with Gasteiger partial charge >= 0.3 is 0 Å². The molecule has 25 heavy (non-hydrogen) atoms. The lowest BCUT2D eigenvalue weighted by atomic mass is 10.2. The largest absolute Gasteiger partial charge is 0.378 e. The number of carbonyl (C=O) groups excluding carboxylic acids is 1. The lowest BCUT2D eigenvalue weighted by Crippen LogP contribution is -2.48. The average molecular weight is 339 g/mol. The van der Waals surface area contributed by atoms with Crippen molar-refractivity contribution in [2.75, 3.05) is 61.9 Å². The number of aromatic nitrogens is 1. The van der Waals surface area contributed by atoms with E-state index >= 15 is 0 Å². The van der Waals surface area contributed by atoms with Crippen molar-refractivity contribution in [2.24, 2.45) is 0 Å². The van der Waals surface area contributed by atoms with Gasteiger partial charge in [-0.05, 0) is 36.4 Å².